The van der Waals surface area contributed by atoms with Gasteiger partial charge in [-0.1, -0.05) is 46.0 Å². The maximum atomic E-state index is 13.0. The monoisotopic (exact) mass is 475 g/mol. The minimum absolute atomic E-state index is 0.0832. The number of piperidine rings is 1. The Hall–Kier alpha value is -2.34. The van der Waals surface area contributed by atoms with E-state index in [9.17, 15) is 4.79 Å². The third-order valence-corrected chi connectivity index (χ3v) is 8.47. The van der Waals surface area contributed by atoms with Gasteiger partial charge in [0.1, 0.15) is 0 Å². The fraction of sp³-hybridized carbons (Fsp3) is 0.483. The number of carbonyl (C=O) groups excluding carboxylic acids is 1. The van der Waals surface area contributed by atoms with E-state index in [-0.39, 0.29) is 5.91 Å². The van der Waals surface area contributed by atoms with E-state index in [4.69, 9.17) is 6.42 Å². The van der Waals surface area contributed by atoms with E-state index in [0.29, 0.717) is 5.56 Å². The van der Waals surface area contributed by atoms with Gasteiger partial charge < -0.3 is 14.7 Å². The zero-order valence-electron chi connectivity index (χ0n) is 20.6. The SMILES string of the molecule is C#Cc1cc(C(=O)N2CCN(c3ccc(PCCCN4CCCCC4)cc3)CC2)ccc1CC. The zero-order chi connectivity index (χ0) is 23.8. The van der Waals surface area contributed by atoms with Gasteiger partial charge in [0.2, 0.25) is 0 Å². The van der Waals surface area contributed by atoms with Gasteiger partial charge in [0, 0.05) is 43.0 Å². The van der Waals surface area contributed by atoms with Crippen LogP contribution in [0.25, 0.3) is 0 Å². The topological polar surface area (TPSA) is 26.8 Å². The predicted molar refractivity (Wildman–Crippen MR) is 146 cm³/mol. The molecule has 2 fully saturated rings. The van der Waals surface area contributed by atoms with Crippen molar-refractivity contribution in [2.45, 2.75) is 39.0 Å². The van der Waals surface area contributed by atoms with Gasteiger partial charge in [0.05, 0.1) is 0 Å². The number of hydrogen-bond acceptors (Lipinski definition) is 3. The van der Waals surface area contributed by atoms with Crippen LogP contribution in [0.4, 0.5) is 5.69 Å². The normalized spacial score (nSPS) is 17.3. The molecule has 1 unspecified atom stereocenters. The summed E-state index contributed by atoms with van der Waals surface area (Å²) in [6, 6.07) is 14.9. The number of likely N-dealkylation sites (tertiary alicyclic amines) is 1. The highest BCUT2D eigenvalue weighted by Gasteiger charge is 2.23. The molecule has 0 aliphatic carbocycles. The van der Waals surface area contributed by atoms with Gasteiger partial charge in [-0.3, -0.25) is 4.79 Å². The number of terminal acetylenes is 1. The van der Waals surface area contributed by atoms with Crippen LogP contribution in [0, 0.1) is 12.3 Å². The Kier molecular flexibility index (Phi) is 9.03. The van der Waals surface area contributed by atoms with Gasteiger partial charge in [-0.15, -0.1) is 6.42 Å². The minimum atomic E-state index is 0.0832. The number of amides is 1. The first-order chi connectivity index (χ1) is 16.7. The molecular weight excluding hydrogens is 437 g/mol. The van der Waals surface area contributed by atoms with Crippen molar-refractivity contribution >= 4 is 25.5 Å². The molecule has 2 aliphatic rings. The quantitative estimate of drug-likeness (QED) is 0.322. The highest BCUT2D eigenvalue weighted by Crippen LogP contribution is 2.21. The lowest BCUT2D eigenvalue weighted by Crippen LogP contribution is -2.48. The first kappa shape index (κ1) is 24.8. The summed E-state index contributed by atoms with van der Waals surface area (Å²) in [5, 5.41) is 1.45. The number of aryl methyl sites for hydroxylation is 1. The Bertz CT molecular complexity index is 983. The van der Waals surface area contributed by atoms with Crippen molar-refractivity contribution in [2.24, 2.45) is 0 Å². The molecule has 4 rings (SSSR count). The number of nitrogens with zero attached hydrogens (tertiary/aromatic N) is 3. The second-order valence-electron chi connectivity index (χ2n) is 9.38. The number of anilines is 1. The van der Waals surface area contributed by atoms with Gasteiger partial charge in [0.15, 0.2) is 0 Å². The van der Waals surface area contributed by atoms with Crippen molar-refractivity contribution in [1.82, 2.24) is 9.80 Å². The second kappa shape index (κ2) is 12.4. The minimum Gasteiger partial charge on any atom is -0.368 e. The van der Waals surface area contributed by atoms with Crippen molar-refractivity contribution in [3.63, 3.8) is 0 Å². The molecule has 180 valence electrons. The van der Waals surface area contributed by atoms with Crippen molar-refractivity contribution in [3.05, 3.63) is 59.2 Å². The van der Waals surface area contributed by atoms with E-state index in [1.54, 1.807) is 0 Å². The van der Waals surface area contributed by atoms with Crippen LogP contribution in [0.3, 0.4) is 0 Å². The van der Waals surface area contributed by atoms with Crippen molar-refractivity contribution in [1.29, 1.82) is 0 Å². The number of rotatable bonds is 8. The molecule has 34 heavy (non-hydrogen) atoms. The van der Waals surface area contributed by atoms with E-state index in [1.807, 2.05) is 23.1 Å². The van der Waals surface area contributed by atoms with Crippen LogP contribution in [0.1, 0.15) is 54.1 Å². The lowest BCUT2D eigenvalue weighted by atomic mass is 10.0. The Morgan fingerprint density at radius 2 is 1.71 bits per heavy atom. The smallest absolute Gasteiger partial charge is 0.254 e. The van der Waals surface area contributed by atoms with Gasteiger partial charge >= 0.3 is 0 Å². The Morgan fingerprint density at radius 3 is 2.38 bits per heavy atom. The summed E-state index contributed by atoms with van der Waals surface area (Å²) < 4.78 is 0. The first-order valence-electron chi connectivity index (χ1n) is 12.9. The molecule has 2 saturated heterocycles. The first-order valence-corrected chi connectivity index (χ1v) is 14.1. The largest absolute Gasteiger partial charge is 0.368 e. The van der Waals surface area contributed by atoms with Crippen molar-refractivity contribution < 1.29 is 4.79 Å². The highest BCUT2D eigenvalue weighted by molar-refractivity contribution is 7.47. The van der Waals surface area contributed by atoms with E-state index < -0.39 is 0 Å². The Morgan fingerprint density at radius 1 is 0.971 bits per heavy atom. The lowest BCUT2D eigenvalue weighted by molar-refractivity contribution is 0.0746. The maximum Gasteiger partial charge on any atom is 0.254 e. The molecule has 5 heteroatoms. The molecule has 4 nitrogen and oxygen atoms in total. The standard InChI is InChI=1S/C29H38N3OP/c1-3-24-9-10-26(23-25(24)4-2)29(33)32-20-18-31(19-21-32)27-11-13-28(14-12-27)34-22-8-17-30-15-6-5-7-16-30/h2,9-14,23,34H,3,5-8,15-22H2,1H3. The molecule has 2 aliphatic heterocycles. The zero-order valence-corrected chi connectivity index (χ0v) is 21.6. The van der Waals surface area contributed by atoms with E-state index in [2.05, 4.69) is 46.9 Å². The molecule has 1 amide bonds. The molecule has 2 heterocycles. The summed E-state index contributed by atoms with van der Waals surface area (Å²) in [4.78, 5) is 20.0. The summed E-state index contributed by atoms with van der Waals surface area (Å²) in [5.41, 5.74) is 3.91. The number of piperazine rings is 1. The lowest BCUT2D eigenvalue weighted by Gasteiger charge is -2.36. The van der Waals surface area contributed by atoms with Crippen molar-refractivity contribution in [2.75, 3.05) is 56.9 Å². The summed E-state index contributed by atoms with van der Waals surface area (Å²) in [6.45, 7) is 9.14. The maximum absolute atomic E-state index is 13.0. The highest BCUT2D eigenvalue weighted by atomic mass is 31.1. The molecule has 0 bridgehead atoms. The molecule has 0 spiro atoms. The molecule has 2 aromatic carbocycles. The number of carbonyl (C=O) groups is 1. The average molecular weight is 476 g/mol. The molecule has 0 N–H and O–H groups in total. The molecule has 0 saturated carbocycles. The van der Waals surface area contributed by atoms with Gasteiger partial charge in [-0.05, 0) is 86.6 Å². The Balaban J connectivity index is 1.23. The summed E-state index contributed by atoms with van der Waals surface area (Å²) in [5.74, 6) is 2.81. The van der Waals surface area contributed by atoms with Crippen LogP contribution in [-0.2, 0) is 6.42 Å². The van der Waals surface area contributed by atoms with Crippen LogP contribution < -0.4 is 10.2 Å². The van der Waals surface area contributed by atoms with Crippen LogP contribution in [-0.4, -0.2) is 67.7 Å². The average Bonchev–Trinajstić information content (AvgIpc) is 2.91. The molecular formula is C29H38N3OP. The van der Waals surface area contributed by atoms with Crippen molar-refractivity contribution in [3.8, 4) is 12.3 Å². The van der Waals surface area contributed by atoms with Crippen LogP contribution in [0.15, 0.2) is 42.5 Å². The predicted octanol–water partition coefficient (Wildman–Crippen LogP) is 4.37. The van der Waals surface area contributed by atoms with E-state index >= 15 is 0 Å². The summed E-state index contributed by atoms with van der Waals surface area (Å²) in [7, 11) is 0.893. The van der Waals surface area contributed by atoms with Crippen LogP contribution in [0.2, 0.25) is 0 Å². The number of hydrogen-bond donors (Lipinski definition) is 0. The fourth-order valence-electron chi connectivity index (χ4n) is 5.01. The fourth-order valence-corrected chi connectivity index (χ4v) is 6.04. The molecule has 2 aromatic rings. The summed E-state index contributed by atoms with van der Waals surface area (Å²) >= 11 is 0. The molecule has 0 aromatic heterocycles. The summed E-state index contributed by atoms with van der Waals surface area (Å²) in [6.07, 6.45) is 13.3. The Labute approximate surface area is 207 Å². The second-order valence-corrected chi connectivity index (χ2v) is 10.8. The molecule has 0 radical (unpaired) electrons. The van der Waals surface area contributed by atoms with Crippen LogP contribution >= 0.6 is 8.58 Å². The van der Waals surface area contributed by atoms with E-state index in [1.165, 1.54) is 62.5 Å². The third kappa shape index (κ3) is 6.41. The number of benzene rings is 2. The van der Waals surface area contributed by atoms with Gasteiger partial charge in [-0.25, -0.2) is 0 Å². The third-order valence-electron chi connectivity index (χ3n) is 7.12. The van der Waals surface area contributed by atoms with Gasteiger partial charge in [-0.2, -0.15) is 0 Å². The van der Waals surface area contributed by atoms with E-state index in [0.717, 1.165) is 52.3 Å². The van der Waals surface area contributed by atoms with Gasteiger partial charge in [0.25, 0.3) is 5.91 Å². The van der Waals surface area contributed by atoms with Crippen LogP contribution in [0.5, 0.6) is 0 Å². The molecule has 1 atom stereocenters.